The van der Waals surface area contributed by atoms with Gasteiger partial charge < -0.3 is 10.7 Å². The third-order valence-corrected chi connectivity index (χ3v) is 2.02. The molecule has 7 nitrogen and oxygen atoms in total. The summed E-state index contributed by atoms with van der Waals surface area (Å²) in [5.41, 5.74) is 1.63. The van der Waals surface area contributed by atoms with Gasteiger partial charge in [-0.2, -0.15) is 0 Å². The van der Waals surface area contributed by atoms with Crippen LogP contribution in [-0.2, 0) is 0 Å². The van der Waals surface area contributed by atoms with Gasteiger partial charge in [-0.3, -0.25) is 20.8 Å². The molecule has 0 saturated carbocycles. The van der Waals surface area contributed by atoms with Crippen LogP contribution in [0.25, 0.3) is 0 Å². The third-order valence-electron chi connectivity index (χ3n) is 2.02. The number of nitrogens with zero attached hydrogens (tertiary/aromatic N) is 1. The highest BCUT2D eigenvalue weighted by Crippen LogP contribution is 2.22. The Kier molecular flexibility index (Phi) is 4.49. The highest BCUT2D eigenvalue weighted by Gasteiger charge is 2.21. The molecule has 0 aromatic heterocycles. The van der Waals surface area contributed by atoms with Crippen LogP contribution in [0, 0.1) is 10.1 Å². The van der Waals surface area contributed by atoms with E-state index in [1.54, 1.807) is 0 Å². The summed E-state index contributed by atoms with van der Waals surface area (Å²) in [5.74, 6) is 4.14. The van der Waals surface area contributed by atoms with Crippen LogP contribution in [0.2, 0.25) is 0 Å². The Morgan fingerprint density at radius 1 is 1.50 bits per heavy atom. The summed E-state index contributed by atoms with van der Waals surface area (Å²) < 4.78 is 23.9. The van der Waals surface area contributed by atoms with Crippen molar-refractivity contribution in [3.8, 4) is 0 Å². The Balaban J connectivity index is 3.03. The summed E-state index contributed by atoms with van der Waals surface area (Å²) >= 11 is 0. The molecule has 98 valence electrons. The van der Waals surface area contributed by atoms with Gasteiger partial charge in [-0.15, -0.1) is 0 Å². The van der Waals surface area contributed by atoms with E-state index in [9.17, 15) is 23.7 Å². The SMILES string of the molecule is NNc1ccc([N+](=O)[O-])c(C(=O)NCC(F)F)c1. The number of nitrogens with one attached hydrogen (secondary N) is 2. The number of halogens is 2. The minimum absolute atomic E-state index is 0.253. The largest absolute Gasteiger partial charge is 0.346 e. The monoisotopic (exact) mass is 260 g/mol. The molecule has 0 unspecified atom stereocenters. The Morgan fingerprint density at radius 2 is 2.17 bits per heavy atom. The zero-order valence-corrected chi connectivity index (χ0v) is 9.02. The summed E-state index contributed by atoms with van der Waals surface area (Å²) in [6.07, 6.45) is -2.73. The molecule has 1 rings (SSSR count). The van der Waals surface area contributed by atoms with Crippen molar-refractivity contribution in [3.63, 3.8) is 0 Å². The fourth-order valence-electron chi connectivity index (χ4n) is 1.23. The van der Waals surface area contributed by atoms with E-state index in [0.717, 1.165) is 12.1 Å². The number of carbonyl (C=O) groups is 1. The van der Waals surface area contributed by atoms with Gasteiger partial charge in [0, 0.05) is 11.8 Å². The normalized spacial score (nSPS) is 10.2. The Bertz CT molecular complexity index is 467. The predicted molar refractivity (Wildman–Crippen MR) is 59.2 cm³/mol. The van der Waals surface area contributed by atoms with Crippen molar-refractivity contribution in [1.29, 1.82) is 0 Å². The minimum Gasteiger partial charge on any atom is -0.346 e. The van der Waals surface area contributed by atoms with Crippen molar-refractivity contribution < 1.29 is 18.5 Å². The third kappa shape index (κ3) is 3.35. The van der Waals surface area contributed by atoms with Crippen LogP contribution in [0.15, 0.2) is 18.2 Å². The van der Waals surface area contributed by atoms with Gasteiger partial charge in [0.15, 0.2) is 0 Å². The number of anilines is 1. The zero-order valence-electron chi connectivity index (χ0n) is 9.02. The molecular weight excluding hydrogens is 250 g/mol. The molecule has 9 heteroatoms. The molecule has 0 heterocycles. The van der Waals surface area contributed by atoms with Crippen molar-refractivity contribution in [1.82, 2.24) is 5.32 Å². The molecule has 1 amide bonds. The van der Waals surface area contributed by atoms with Gasteiger partial charge in [0.25, 0.3) is 18.0 Å². The topological polar surface area (TPSA) is 110 Å². The van der Waals surface area contributed by atoms with Gasteiger partial charge >= 0.3 is 0 Å². The van der Waals surface area contributed by atoms with Gasteiger partial charge in [0.2, 0.25) is 0 Å². The van der Waals surface area contributed by atoms with Gasteiger partial charge in [0.1, 0.15) is 5.56 Å². The first kappa shape index (κ1) is 13.8. The Hall–Kier alpha value is -2.29. The number of nitrogen functional groups attached to an aromatic ring is 1. The first-order chi connectivity index (χ1) is 8.45. The van der Waals surface area contributed by atoms with E-state index < -0.39 is 29.5 Å². The fraction of sp³-hybridized carbons (Fsp3) is 0.222. The summed E-state index contributed by atoms with van der Waals surface area (Å²) in [4.78, 5) is 21.4. The van der Waals surface area contributed by atoms with Crippen molar-refractivity contribution >= 4 is 17.3 Å². The van der Waals surface area contributed by atoms with E-state index in [-0.39, 0.29) is 11.3 Å². The van der Waals surface area contributed by atoms with Crippen molar-refractivity contribution in [2.24, 2.45) is 5.84 Å². The summed E-state index contributed by atoms with van der Waals surface area (Å²) in [6, 6.07) is 3.47. The van der Waals surface area contributed by atoms with E-state index >= 15 is 0 Å². The molecule has 0 bridgehead atoms. The molecule has 0 aliphatic carbocycles. The first-order valence-corrected chi connectivity index (χ1v) is 4.77. The second-order valence-electron chi connectivity index (χ2n) is 3.23. The van der Waals surface area contributed by atoms with Gasteiger partial charge in [-0.1, -0.05) is 0 Å². The Morgan fingerprint density at radius 3 is 2.67 bits per heavy atom. The lowest BCUT2D eigenvalue weighted by atomic mass is 10.1. The Labute approximate surface area is 100 Å². The molecule has 0 fully saturated rings. The number of hydrazine groups is 1. The minimum atomic E-state index is -2.73. The average Bonchev–Trinajstić information content (AvgIpc) is 2.34. The molecule has 1 aromatic rings. The zero-order chi connectivity index (χ0) is 13.7. The van der Waals surface area contributed by atoms with Crippen LogP contribution in [0.1, 0.15) is 10.4 Å². The van der Waals surface area contributed by atoms with Crippen molar-refractivity contribution in [3.05, 3.63) is 33.9 Å². The average molecular weight is 260 g/mol. The van der Waals surface area contributed by atoms with E-state index in [4.69, 9.17) is 5.84 Å². The lowest BCUT2D eigenvalue weighted by Gasteiger charge is -2.07. The molecule has 1 aromatic carbocycles. The standard InChI is InChI=1S/C9H10F2N4O3/c10-8(11)4-13-9(16)6-3-5(14-12)1-2-7(6)15(17)18/h1-3,8,14H,4,12H2,(H,13,16). The number of rotatable bonds is 5. The fourth-order valence-corrected chi connectivity index (χ4v) is 1.23. The quantitative estimate of drug-likeness (QED) is 0.413. The second kappa shape index (κ2) is 5.87. The lowest BCUT2D eigenvalue weighted by molar-refractivity contribution is -0.385. The maximum Gasteiger partial charge on any atom is 0.282 e. The van der Waals surface area contributed by atoms with E-state index in [2.05, 4.69) is 5.43 Å². The van der Waals surface area contributed by atoms with Crippen molar-refractivity contribution in [2.75, 3.05) is 12.0 Å². The molecule has 4 N–H and O–H groups in total. The molecule has 0 aliphatic rings. The summed E-state index contributed by atoms with van der Waals surface area (Å²) in [7, 11) is 0. The number of hydrogen-bond acceptors (Lipinski definition) is 5. The summed E-state index contributed by atoms with van der Waals surface area (Å²) in [5, 5.41) is 12.6. The van der Waals surface area contributed by atoms with Gasteiger partial charge in [-0.25, -0.2) is 8.78 Å². The van der Waals surface area contributed by atoms with Crippen LogP contribution < -0.4 is 16.6 Å². The van der Waals surface area contributed by atoms with Crippen LogP contribution in [0.5, 0.6) is 0 Å². The second-order valence-corrected chi connectivity index (χ2v) is 3.23. The lowest BCUT2D eigenvalue weighted by Crippen LogP contribution is -2.29. The van der Waals surface area contributed by atoms with Crippen molar-refractivity contribution in [2.45, 2.75) is 6.43 Å². The number of alkyl halides is 2. The number of nitrogens with two attached hydrogens (primary N) is 1. The maximum atomic E-state index is 11.9. The number of hydrogen-bond donors (Lipinski definition) is 3. The molecule has 0 radical (unpaired) electrons. The number of nitro benzene ring substituents is 1. The van der Waals surface area contributed by atoms with Crippen LogP contribution in [-0.4, -0.2) is 23.8 Å². The van der Waals surface area contributed by atoms with Crippen LogP contribution >= 0.6 is 0 Å². The molecule has 0 spiro atoms. The number of amides is 1. The maximum absolute atomic E-state index is 11.9. The smallest absolute Gasteiger partial charge is 0.282 e. The summed E-state index contributed by atoms with van der Waals surface area (Å²) in [6.45, 7) is -0.879. The highest BCUT2D eigenvalue weighted by atomic mass is 19.3. The van der Waals surface area contributed by atoms with E-state index in [1.807, 2.05) is 5.32 Å². The number of benzene rings is 1. The number of carbonyl (C=O) groups excluding carboxylic acids is 1. The molecule has 0 atom stereocenters. The predicted octanol–water partition coefficient (Wildman–Crippen LogP) is 0.875. The first-order valence-electron chi connectivity index (χ1n) is 4.77. The molecule has 0 aliphatic heterocycles. The van der Waals surface area contributed by atoms with E-state index in [0.29, 0.717) is 0 Å². The molecular formula is C9H10F2N4O3. The molecule has 0 saturated heterocycles. The van der Waals surface area contributed by atoms with Crippen LogP contribution in [0.3, 0.4) is 0 Å². The molecule has 18 heavy (non-hydrogen) atoms. The number of nitro groups is 1. The van der Waals surface area contributed by atoms with Crippen LogP contribution in [0.4, 0.5) is 20.2 Å². The highest BCUT2D eigenvalue weighted by molar-refractivity contribution is 5.99. The van der Waals surface area contributed by atoms with Gasteiger partial charge in [-0.05, 0) is 12.1 Å². The van der Waals surface area contributed by atoms with Gasteiger partial charge in [0.05, 0.1) is 11.5 Å². The van der Waals surface area contributed by atoms with E-state index in [1.165, 1.54) is 6.07 Å².